The Kier molecular flexibility index (Phi) is 5.27. The minimum absolute atomic E-state index is 0.151. The van der Waals surface area contributed by atoms with Gasteiger partial charge in [0.05, 0.1) is 4.90 Å². The number of benzene rings is 1. The zero-order valence-electron chi connectivity index (χ0n) is 12.1. The van der Waals surface area contributed by atoms with Crippen LogP contribution in [0.2, 0.25) is 0 Å². The Labute approximate surface area is 122 Å². The average molecular weight is 324 g/mol. The minimum Gasteiger partial charge on any atom is -0.399 e. The maximum Gasteiger partial charge on any atom is 0.402 e. The van der Waals surface area contributed by atoms with Crippen LogP contribution >= 0.6 is 0 Å². The molecule has 1 aromatic carbocycles. The van der Waals surface area contributed by atoms with Crippen molar-refractivity contribution in [2.45, 2.75) is 31.8 Å². The molecule has 8 heteroatoms. The quantitative estimate of drug-likeness (QED) is 0.847. The number of nitrogens with two attached hydrogens (primary N) is 1. The predicted octanol–water partition coefficient (Wildman–Crippen LogP) is 2.79. The SMILES string of the molecule is Cc1cc(N)ccc1S(=O)(=O)N(CC(C)C)CC(F)(F)F. The van der Waals surface area contributed by atoms with Gasteiger partial charge in [-0.3, -0.25) is 0 Å². The molecule has 0 aromatic heterocycles. The monoisotopic (exact) mass is 324 g/mol. The molecular weight excluding hydrogens is 305 g/mol. The number of hydrogen-bond acceptors (Lipinski definition) is 3. The number of aryl methyl sites for hydroxylation is 1. The lowest BCUT2D eigenvalue weighted by molar-refractivity contribution is -0.136. The summed E-state index contributed by atoms with van der Waals surface area (Å²) in [6.07, 6.45) is -4.59. The van der Waals surface area contributed by atoms with E-state index in [4.69, 9.17) is 5.73 Å². The summed E-state index contributed by atoms with van der Waals surface area (Å²) in [4.78, 5) is -0.151. The number of halogens is 3. The third-order valence-corrected chi connectivity index (χ3v) is 4.71. The molecule has 0 bridgehead atoms. The van der Waals surface area contributed by atoms with Gasteiger partial charge in [-0.15, -0.1) is 0 Å². The van der Waals surface area contributed by atoms with Gasteiger partial charge in [0.25, 0.3) is 0 Å². The van der Waals surface area contributed by atoms with Gasteiger partial charge in [-0.05, 0) is 36.6 Å². The van der Waals surface area contributed by atoms with Crippen LogP contribution in [0.1, 0.15) is 19.4 Å². The van der Waals surface area contributed by atoms with Crippen LogP contribution < -0.4 is 5.73 Å². The van der Waals surface area contributed by atoms with Gasteiger partial charge in [0, 0.05) is 12.2 Å². The molecule has 4 nitrogen and oxygen atoms in total. The van der Waals surface area contributed by atoms with E-state index in [-0.39, 0.29) is 17.4 Å². The van der Waals surface area contributed by atoms with Gasteiger partial charge >= 0.3 is 6.18 Å². The normalized spacial score (nSPS) is 13.1. The molecule has 0 fully saturated rings. The largest absolute Gasteiger partial charge is 0.402 e. The average Bonchev–Trinajstić information content (AvgIpc) is 2.24. The Morgan fingerprint density at radius 1 is 1.29 bits per heavy atom. The van der Waals surface area contributed by atoms with E-state index in [0.29, 0.717) is 15.6 Å². The summed E-state index contributed by atoms with van der Waals surface area (Å²) in [5, 5.41) is 0. The fourth-order valence-electron chi connectivity index (χ4n) is 1.96. The predicted molar refractivity (Wildman–Crippen MR) is 75.2 cm³/mol. The van der Waals surface area contributed by atoms with Gasteiger partial charge in [0.15, 0.2) is 0 Å². The molecule has 0 aliphatic heterocycles. The fraction of sp³-hybridized carbons (Fsp3) is 0.538. The molecule has 0 atom stereocenters. The topological polar surface area (TPSA) is 63.4 Å². The third kappa shape index (κ3) is 4.89. The molecule has 0 saturated heterocycles. The zero-order chi connectivity index (χ0) is 16.4. The maximum absolute atomic E-state index is 12.6. The van der Waals surface area contributed by atoms with Crippen LogP contribution in [-0.4, -0.2) is 32.0 Å². The first-order valence-corrected chi connectivity index (χ1v) is 7.80. The van der Waals surface area contributed by atoms with Gasteiger partial charge in [-0.2, -0.15) is 17.5 Å². The molecule has 120 valence electrons. The fourth-order valence-corrected chi connectivity index (χ4v) is 3.75. The Hall–Kier alpha value is -1.28. The Morgan fingerprint density at radius 3 is 2.29 bits per heavy atom. The van der Waals surface area contributed by atoms with Gasteiger partial charge < -0.3 is 5.73 Å². The lowest BCUT2D eigenvalue weighted by Gasteiger charge is -2.25. The highest BCUT2D eigenvalue weighted by atomic mass is 32.2. The van der Waals surface area contributed by atoms with E-state index in [0.717, 1.165) is 0 Å². The van der Waals surface area contributed by atoms with Crippen molar-refractivity contribution >= 4 is 15.7 Å². The second-order valence-electron chi connectivity index (χ2n) is 5.33. The highest BCUT2D eigenvalue weighted by Gasteiger charge is 2.37. The standard InChI is InChI=1S/C13H19F3N2O2S/c1-9(2)7-18(8-13(14,15)16)21(19,20)12-5-4-11(17)6-10(12)3/h4-6,9H,7-8,17H2,1-3H3. The Bertz CT molecular complexity index is 598. The van der Waals surface area contributed by atoms with Gasteiger partial charge in [0.1, 0.15) is 6.54 Å². The van der Waals surface area contributed by atoms with Crippen molar-refractivity contribution < 1.29 is 21.6 Å². The third-order valence-electron chi connectivity index (χ3n) is 2.74. The molecule has 21 heavy (non-hydrogen) atoms. The van der Waals surface area contributed by atoms with Crippen LogP contribution in [-0.2, 0) is 10.0 Å². The first-order chi connectivity index (χ1) is 9.43. The van der Waals surface area contributed by atoms with E-state index in [9.17, 15) is 21.6 Å². The molecule has 0 aliphatic carbocycles. The van der Waals surface area contributed by atoms with E-state index in [2.05, 4.69) is 0 Å². The maximum atomic E-state index is 12.6. The van der Waals surface area contributed by atoms with Crippen LogP contribution in [0.25, 0.3) is 0 Å². The molecule has 0 heterocycles. The van der Waals surface area contributed by atoms with Crippen LogP contribution in [0.4, 0.5) is 18.9 Å². The molecule has 0 saturated carbocycles. The van der Waals surface area contributed by atoms with Crippen LogP contribution in [0.5, 0.6) is 0 Å². The number of alkyl halides is 3. The van der Waals surface area contributed by atoms with E-state index in [1.54, 1.807) is 13.8 Å². The van der Waals surface area contributed by atoms with Crippen molar-refractivity contribution in [3.05, 3.63) is 23.8 Å². The second kappa shape index (κ2) is 6.23. The summed E-state index contributed by atoms with van der Waals surface area (Å²) < 4.78 is 63.3. The van der Waals surface area contributed by atoms with Crippen molar-refractivity contribution in [3.8, 4) is 0 Å². The van der Waals surface area contributed by atoms with Crippen LogP contribution in [0.3, 0.4) is 0 Å². The first-order valence-electron chi connectivity index (χ1n) is 6.36. The highest BCUT2D eigenvalue weighted by Crippen LogP contribution is 2.26. The van der Waals surface area contributed by atoms with Crippen molar-refractivity contribution in [3.63, 3.8) is 0 Å². The molecule has 0 spiro atoms. The van der Waals surface area contributed by atoms with Gasteiger partial charge in [0.2, 0.25) is 10.0 Å². The minimum atomic E-state index is -4.59. The van der Waals surface area contributed by atoms with Gasteiger partial charge in [-0.1, -0.05) is 13.8 Å². The van der Waals surface area contributed by atoms with Crippen LogP contribution in [0.15, 0.2) is 23.1 Å². The number of rotatable bonds is 5. The number of nitrogens with zero attached hydrogens (tertiary/aromatic N) is 1. The summed E-state index contributed by atoms with van der Waals surface area (Å²) in [7, 11) is -4.22. The summed E-state index contributed by atoms with van der Waals surface area (Å²) in [6, 6.07) is 4.03. The first kappa shape index (κ1) is 17.8. The Balaban J connectivity index is 3.26. The van der Waals surface area contributed by atoms with Crippen molar-refractivity contribution in [2.24, 2.45) is 5.92 Å². The number of sulfonamides is 1. The molecule has 2 N–H and O–H groups in total. The summed E-state index contributed by atoms with van der Waals surface area (Å²) in [5.41, 5.74) is 6.22. The molecule has 0 aliphatic rings. The van der Waals surface area contributed by atoms with Crippen molar-refractivity contribution in [1.82, 2.24) is 4.31 Å². The second-order valence-corrected chi connectivity index (χ2v) is 7.24. The van der Waals surface area contributed by atoms with E-state index in [1.807, 2.05) is 0 Å². The number of hydrogen-bond donors (Lipinski definition) is 1. The molecule has 0 unspecified atom stereocenters. The summed E-state index contributed by atoms with van der Waals surface area (Å²) in [5.74, 6) is -0.226. The van der Waals surface area contributed by atoms with E-state index >= 15 is 0 Å². The molecule has 1 rings (SSSR count). The molecule has 1 aromatic rings. The van der Waals surface area contributed by atoms with E-state index in [1.165, 1.54) is 25.1 Å². The zero-order valence-corrected chi connectivity index (χ0v) is 12.9. The molecule has 0 radical (unpaired) electrons. The van der Waals surface area contributed by atoms with Crippen molar-refractivity contribution in [1.29, 1.82) is 0 Å². The smallest absolute Gasteiger partial charge is 0.399 e. The molecular formula is C13H19F3N2O2S. The highest BCUT2D eigenvalue weighted by molar-refractivity contribution is 7.89. The summed E-state index contributed by atoms with van der Waals surface area (Å²) in [6.45, 7) is 3.12. The van der Waals surface area contributed by atoms with Crippen LogP contribution in [0, 0.1) is 12.8 Å². The lowest BCUT2D eigenvalue weighted by atomic mass is 10.2. The van der Waals surface area contributed by atoms with Gasteiger partial charge in [-0.25, -0.2) is 8.42 Å². The molecule has 0 amide bonds. The lowest BCUT2D eigenvalue weighted by Crippen LogP contribution is -2.41. The Morgan fingerprint density at radius 2 is 1.86 bits per heavy atom. The number of anilines is 1. The van der Waals surface area contributed by atoms with Crippen molar-refractivity contribution in [2.75, 3.05) is 18.8 Å². The van der Waals surface area contributed by atoms with E-state index < -0.39 is 22.7 Å². The summed E-state index contributed by atoms with van der Waals surface area (Å²) >= 11 is 0. The number of nitrogen functional groups attached to an aromatic ring is 1.